The second-order valence-electron chi connectivity index (χ2n) is 4.60. The molecule has 0 fully saturated rings. The van der Waals surface area contributed by atoms with Crippen LogP contribution in [0.4, 0.5) is 0 Å². The molecule has 0 radical (unpaired) electrons. The van der Waals surface area contributed by atoms with Gasteiger partial charge in [-0.15, -0.1) is 0 Å². The topological polar surface area (TPSA) is 108 Å². The van der Waals surface area contributed by atoms with Crippen LogP contribution in [-0.4, -0.2) is 62.7 Å². The fourth-order valence-corrected chi connectivity index (χ4v) is 1.54. The summed E-state index contributed by atoms with van der Waals surface area (Å²) in [5, 5.41) is 8.44. The highest BCUT2D eigenvalue weighted by Gasteiger charge is 2.04. The maximum Gasteiger partial charge on any atom is 0.308 e. The summed E-state index contributed by atoms with van der Waals surface area (Å²) in [5.41, 5.74) is 0. The Balaban J connectivity index is 3.24. The van der Waals surface area contributed by atoms with Crippen molar-refractivity contribution in [3.05, 3.63) is 0 Å². The number of rotatable bonds is 15. The van der Waals surface area contributed by atoms with Crippen LogP contribution in [0.15, 0.2) is 0 Å². The molecule has 0 bridgehead atoms. The molecule has 0 rings (SSSR count). The van der Waals surface area contributed by atoms with Crippen LogP contribution >= 0.6 is 0 Å². The van der Waals surface area contributed by atoms with E-state index in [4.69, 9.17) is 24.1 Å². The van der Waals surface area contributed by atoms with Gasteiger partial charge in [-0.2, -0.15) is 0 Å². The molecule has 0 saturated heterocycles. The van der Waals surface area contributed by atoms with E-state index < -0.39 is 5.97 Å². The van der Waals surface area contributed by atoms with Gasteiger partial charge in [0.2, 0.25) is 0 Å². The zero-order valence-electron chi connectivity index (χ0n) is 13.6. The smallest absolute Gasteiger partial charge is 0.308 e. The molecule has 0 aliphatic rings. The minimum absolute atomic E-state index is 0.0621. The van der Waals surface area contributed by atoms with Gasteiger partial charge < -0.3 is 24.1 Å². The van der Waals surface area contributed by atoms with Crippen LogP contribution in [0.2, 0.25) is 0 Å². The summed E-state index contributed by atoms with van der Waals surface area (Å²) in [4.78, 5) is 32.6. The highest BCUT2D eigenvalue weighted by Crippen LogP contribution is 2.01. The van der Waals surface area contributed by atoms with Gasteiger partial charge in [0, 0.05) is 12.8 Å². The van der Waals surface area contributed by atoms with Gasteiger partial charge >= 0.3 is 17.9 Å². The van der Waals surface area contributed by atoms with Gasteiger partial charge in [-0.25, -0.2) is 0 Å². The highest BCUT2D eigenvalue weighted by molar-refractivity contribution is 5.70. The van der Waals surface area contributed by atoms with Gasteiger partial charge in [-0.3, -0.25) is 14.4 Å². The van der Waals surface area contributed by atoms with Crippen molar-refractivity contribution in [2.24, 2.45) is 0 Å². The van der Waals surface area contributed by atoms with Crippen LogP contribution in [-0.2, 0) is 33.3 Å². The van der Waals surface area contributed by atoms with E-state index in [2.05, 4.69) is 0 Å². The molecular formula is C15H26O8. The highest BCUT2D eigenvalue weighted by atomic mass is 16.6. The van der Waals surface area contributed by atoms with E-state index in [1.807, 2.05) is 0 Å². The summed E-state index contributed by atoms with van der Waals surface area (Å²) in [6, 6.07) is 0. The molecule has 0 aromatic rings. The van der Waals surface area contributed by atoms with Crippen molar-refractivity contribution in [2.45, 2.75) is 39.0 Å². The Morgan fingerprint density at radius 1 is 0.739 bits per heavy atom. The lowest BCUT2D eigenvalue weighted by Crippen LogP contribution is -2.14. The molecule has 0 amide bonds. The molecule has 8 nitrogen and oxygen atoms in total. The first-order valence-corrected chi connectivity index (χ1v) is 7.74. The Morgan fingerprint density at radius 3 is 1.96 bits per heavy atom. The zero-order valence-corrected chi connectivity index (χ0v) is 13.6. The first-order chi connectivity index (χ1) is 11.1. The van der Waals surface area contributed by atoms with E-state index in [0.29, 0.717) is 32.7 Å². The third kappa shape index (κ3) is 16.5. The fourth-order valence-electron chi connectivity index (χ4n) is 1.54. The van der Waals surface area contributed by atoms with Crippen LogP contribution in [0, 0.1) is 0 Å². The Hall–Kier alpha value is -1.67. The third-order valence-corrected chi connectivity index (χ3v) is 2.64. The average molecular weight is 334 g/mol. The molecule has 8 heteroatoms. The zero-order chi connectivity index (χ0) is 17.3. The van der Waals surface area contributed by atoms with Crippen molar-refractivity contribution in [2.75, 3.05) is 39.6 Å². The van der Waals surface area contributed by atoms with E-state index >= 15 is 0 Å². The van der Waals surface area contributed by atoms with E-state index in [0.717, 1.165) is 0 Å². The first-order valence-electron chi connectivity index (χ1n) is 7.74. The number of esters is 2. The van der Waals surface area contributed by atoms with Crippen LogP contribution in [0.25, 0.3) is 0 Å². The lowest BCUT2D eigenvalue weighted by Gasteiger charge is -2.07. The van der Waals surface area contributed by atoms with Gasteiger partial charge in [-0.05, 0) is 19.8 Å². The van der Waals surface area contributed by atoms with Crippen molar-refractivity contribution >= 4 is 17.9 Å². The van der Waals surface area contributed by atoms with Crippen LogP contribution in [0.3, 0.4) is 0 Å². The second-order valence-corrected chi connectivity index (χ2v) is 4.60. The van der Waals surface area contributed by atoms with Crippen LogP contribution in [0.1, 0.15) is 39.0 Å². The van der Waals surface area contributed by atoms with Crippen molar-refractivity contribution in [1.82, 2.24) is 0 Å². The number of carbonyl (C=O) groups is 3. The van der Waals surface area contributed by atoms with Crippen LogP contribution < -0.4 is 0 Å². The lowest BCUT2D eigenvalue weighted by molar-refractivity contribution is -0.146. The maximum atomic E-state index is 11.3. The normalized spacial score (nSPS) is 10.3. The summed E-state index contributed by atoms with van der Waals surface area (Å²) in [5.74, 6) is -1.51. The predicted octanol–water partition coefficient (Wildman–Crippen LogP) is 1.16. The Labute approximate surface area is 136 Å². The van der Waals surface area contributed by atoms with E-state index in [9.17, 15) is 14.4 Å². The molecule has 0 aliphatic carbocycles. The Bertz CT molecular complexity index is 342. The van der Waals surface area contributed by atoms with Gasteiger partial charge in [0.1, 0.15) is 6.61 Å². The molecule has 134 valence electrons. The minimum Gasteiger partial charge on any atom is -0.481 e. The summed E-state index contributed by atoms with van der Waals surface area (Å²) in [7, 11) is 0. The van der Waals surface area contributed by atoms with E-state index in [1.54, 1.807) is 6.92 Å². The molecule has 0 heterocycles. The number of carbonyl (C=O) groups excluding carboxylic acids is 2. The summed E-state index contributed by atoms with van der Waals surface area (Å²) in [6.07, 6.45) is 1.45. The molecule has 0 atom stereocenters. The number of ether oxygens (including phenoxy) is 4. The van der Waals surface area contributed by atoms with E-state index in [1.165, 1.54) is 0 Å². The van der Waals surface area contributed by atoms with Crippen molar-refractivity contribution in [1.29, 1.82) is 0 Å². The predicted molar refractivity (Wildman–Crippen MR) is 80.0 cm³/mol. The van der Waals surface area contributed by atoms with Gasteiger partial charge in [0.25, 0.3) is 0 Å². The molecular weight excluding hydrogens is 308 g/mol. The first kappa shape index (κ1) is 21.3. The lowest BCUT2D eigenvalue weighted by atomic mass is 10.2. The number of hydrogen-bond donors (Lipinski definition) is 1. The summed E-state index contributed by atoms with van der Waals surface area (Å²) in [6.45, 7) is 3.51. The second kappa shape index (κ2) is 15.2. The molecule has 23 heavy (non-hydrogen) atoms. The number of unbranched alkanes of at least 4 members (excludes halogenated alkanes) is 1. The van der Waals surface area contributed by atoms with Crippen molar-refractivity contribution in [3.63, 3.8) is 0 Å². The monoisotopic (exact) mass is 334 g/mol. The minimum atomic E-state index is -0.865. The number of hydrogen-bond acceptors (Lipinski definition) is 7. The van der Waals surface area contributed by atoms with Crippen molar-refractivity contribution in [3.8, 4) is 0 Å². The molecule has 1 N–H and O–H groups in total. The van der Waals surface area contributed by atoms with Gasteiger partial charge in [0.15, 0.2) is 0 Å². The van der Waals surface area contributed by atoms with Gasteiger partial charge in [0.05, 0.1) is 39.5 Å². The number of carboxylic acid groups (broad SMARTS) is 1. The SMILES string of the molecule is CCOC(=O)CCOCCOCCOC(=O)CCCCC(=O)O. The van der Waals surface area contributed by atoms with Crippen LogP contribution in [0.5, 0.6) is 0 Å². The maximum absolute atomic E-state index is 11.3. The van der Waals surface area contributed by atoms with Crippen molar-refractivity contribution < 1.29 is 38.4 Å². The number of aliphatic carboxylic acids is 1. The van der Waals surface area contributed by atoms with E-state index in [-0.39, 0.29) is 51.0 Å². The quantitative estimate of drug-likeness (QED) is 0.351. The van der Waals surface area contributed by atoms with Gasteiger partial charge in [-0.1, -0.05) is 0 Å². The third-order valence-electron chi connectivity index (χ3n) is 2.64. The standard InChI is InChI=1S/C15H26O8/c1-2-22-15(19)7-8-20-9-10-21-11-12-23-14(18)6-4-3-5-13(16)17/h2-12H2,1H3,(H,16,17). The Kier molecular flexibility index (Phi) is 14.1. The average Bonchev–Trinajstić information content (AvgIpc) is 2.50. The number of carboxylic acids is 1. The molecule has 0 spiro atoms. The largest absolute Gasteiger partial charge is 0.481 e. The molecule has 0 saturated carbocycles. The molecule has 0 aromatic heterocycles. The molecule has 0 unspecified atom stereocenters. The fraction of sp³-hybridized carbons (Fsp3) is 0.800. The Morgan fingerprint density at radius 2 is 1.30 bits per heavy atom. The molecule has 0 aromatic carbocycles. The molecule has 0 aliphatic heterocycles. The summed E-state index contributed by atoms with van der Waals surface area (Å²) >= 11 is 0. The summed E-state index contributed by atoms with van der Waals surface area (Å²) < 4.78 is 20.0.